The third-order valence-electron chi connectivity index (χ3n) is 4.65. The summed E-state index contributed by atoms with van der Waals surface area (Å²) in [6, 6.07) is 5.56. The molecule has 1 heterocycles. The monoisotopic (exact) mass is 375 g/mol. The molecule has 1 rings (SSSR count). The predicted octanol–water partition coefficient (Wildman–Crippen LogP) is 4.52. The van der Waals surface area contributed by atoms with E-state index in [9.17, 15) is 9.59 Å². The van der Waals surface area contributed by atoms with Crippen LogP contribution in [-0.4, -0.2) is 23.3 Å². The van der Waals surface area contributed by atoms with Gasteiger partial charge in [0.25, 0.3) is 0 Å². The van der Waals surface area contributed by atoms with E-state index in [1.54, 1.807) is 6.20 Å². The molecule has 0 unspecified atom stereocenters. The highest BCUT2D eigenvalue weighted by Gasteiger charge is 2.05. The molecule has 0 aliphatic heterocycles. The summed E-state index contributed by atoms with van der Waals surface area (Å²) < 4.78 is 0. The van der Waals surface area contributed by atoms with Gasteiger partial charge in [0.2, 0.25) is 11.8 Å². The molecular weight excluding hydrogens is 338 g/mol. The first-order chi connectivity index (χ1) is 13.2. The zero-order valence-electron chi connectivity index (χ0n) is 17.0. The Morgan fingerprint density at radius 3 is 2.04 bits per heavy atom. The Morgan fingerprint density at radius 1 is 0.815 bits per heavy atom. The third-order valence-corrected chi connectivity index (χ3v) is 4.65. The van der Waals surface area contributed by atoms with E-state index in [0.29, 0.717) is 13.0 Å². The van der Waals surface area contributed by atoms with Gasteiger partial charge in [0.1, 0.15) is 0 Å². The van der Waals surface area contributed by atoms with E-state index in [1.807, 2.05) is 18.2 Å². The molecule has 5 heteroatoms. The van der Waals surface area contributed by atoms with Gasteiger partial charge >= 0.3 is 0 Å². The summed E-state index contributed by atoms with van der Waals surface area (Å²) in [5.74, 6) is -0.230. The molecule has 152 valence electrons. The molecule has 0 saturated heterocycles. The highest BCUT2D eigenvalue weighted by molar-refractivity contribution is 5.84. The van der Waals surface area contributed by atoms with Gasteiger partial charge in [0, 0.05) is 12.6 Å². The van der Waals surface area contributed by atoms with Crippen molar-refractivity contribution >= 4 is 11.8 Å². The first kappa shape index (κ1) is 23.1. The average Bonchev–Trinajstić information content (AvgIpc) is 2.69. The van der Waals surface area contributed by atoms with Crippen LogP contribution >= 0.6 is 0 Å². The second-order valence-electron chi connectivity index (χ2n) is 7.16. The first-order valence-electron chi connectivity index (χ1n) is 10.7. The van der Waals surface area contributed by atoms with Gasteiger partial charge in [-0.1, -0.05) is 77.2 Å². The van der Waals surface area contributed by atoms with E-state index in [1.165, 1.54) is 57.8 Å². The Kier molecular flexibility index (Phi) is 13.9. The summed E-state index contributed by atoms with van der Waals surface area (Å²) in [6.45, 7) is 2.66. The molecular formula is C22H37N3O2. The van der Waals surface area contributed by atoms with Gasteiger partial charge < -0.3 is 10.6 Å². The number of aromatic nitrogens is 1. The topological polar surface area (TPSA) is 71.1 Å². The fraction of sp³-hybridized carbons (Fsp3) is 0.682. The molecule has 0 saturated carbocycles. The van der Waals surface area contributed by atoms with Crippen molar-refractivity contribution in [1.82, 2.24) is 15.6 Å². The van der Waals surface area contributed by atoms with Crippen LogP contribution in [0, 0.1) is 0 Å². The van der Waals surface area contributed by atoms with Gasteiger partial charge in [-0.25, -0.2) is 0 Å². The number of nitrogens with zero attached hydrogens (tertiary/aromatic N) is 1. The standard InChI is InChI=1S/C22H37N3O2/c1-2-3-4-5-6-7-8-9-10-11-12-16-21(26)25-19-22(27)24-18-20-15-13-14-17-23-20/h13-15,17H,2-12,16,18-19H2,1H3,(H,24,27)(H,25,26). The molecule has 2 N–H and O–H groups in total. The summed E-state index contributed by atoms with van der Waals surface area (Å²) in [5, 5.41) is 5.43. The number of pyridine rings is 1. The largest absolute Gasteiger partial charge is 0.349 e. The third kappa shape index (κ3) is 13.9. The second kappa shape index (κ2) is 16.3. The maximum atomic E-state index is 11.8. The Labute approximate surface area is 164 Å². The van der Waals surface area contributed by atoms with Crippen molar-refractivity contribution in [2.75, 3.05) is 6.54 Å². The summed E-state index contributed by atoms with van der Waals surface area (Å²) in [5.41, 5.74) is 0.804. The molecule has 0 aliphatic carbocycles. The predicted molar refractivity (Wildman–Crippen MR) is 110 cm³/mol. The highest BCUT2D eigenvalue weighted by Crippen LogP contribution is 2.11. The van der Waals surface area contributed by atoms with Crippen LogP contribution in [0.5, 0.6) is 0 Å². The van der Waals surface area contributed by atoms with Crippen molar-refractivity contribution in [2.45, 2.75) is 90.5 Å². The van der Waals surface area contributed by atoms with Gasteiger partial charge in [0.05, 0.1) is 18.8 Å². The van der Waals surface area contributed by atoms with Gasteiger partial charge in [-0.15, -0.1) is 0 Å². The molecule has 0 atom stereocenters. The SMILES string of the molecule is CCCCCCCCCCCCCC(=O)NCC(=O)NCc1ccccn1. The Morgan fingerprint density at radius 2 is 1.44 bits per heavy atom. The molecule has 27 heavy (non-hydrogen) atoms. The number of hydrogen-bond acceptors (Lipinski definition) is 3. The molecule has 0 fully saturated rings. The zero-order valence-corrected chi connectivity index (χ0v) is 17.0. The molecule has 0 spiro atoms. The van der Waals surface area contributed by atoms with Crippen LogP contribution in [0.3, 0.4) is 0 Å². The number of hydrogen-bond donors (Lipinski definition) is 2. The zero-order chi connectivity index (χ0) is 19.6. The molecule has 5 nitrogen and oxygen atoms in total. The van der Waals surface area contributed by atoms with Crippen molar-refractivity contribution in [3.8, 4) is 0 Å². The first-order valence-corrected chi connectivity index (χ1v) is 10.7. The van der Waals surface area contributed by atoms with Crippen LogP contribution in [-0.2, 0) is 16.1 Å². The lowest BCUT2D eigenvalue weighted by Crippen LogP contribution is -2.36. The number of rotatable bonds is 16. The molecule has 0 radical (unpaired) electrons. The Balaban J connectivity index is 1.89. The number of amides is 2. The van der Waals surface area contributed by atoms with E-state index in [2.05, 4.69) is 22.5 Å². The van der Waals surface area contributed by atoms with E-state index in [-0.39, 0.29) is 18.4 Å². The van der Waals surface area contributed by atoms with Crippen LogP contribution < -0.4 is 10.6 Å². The van der Waals surface area contributed by atoms with Crippen molar-refractivity contribution in [1.29, 1.82) is 0 Å². The number of carbonyl (C=O) groups excluding carboxylic acids is 2. The van der Waals surface area contributed by atoms with Crippen LogP contribution in [0.15, 0.2) is 24.4 Å². The number of unbranched alkanes of at least 4 members (excludes halogenated alkanes) is 10. The lowest BCUT2D eigenvalue weighted by molar-refractivity contribution is -0.126. The average molecular weight is 376 g/mol. The molecule has 2 amide bonds. The summed E-state index contributed by atoms with van der Waals surface area (Å²) in [4.78, 5) is 27.6. The van der Waals surface area contributed by atoms with Gasteiger partial charge in [-0.2, -0.15) is 0 Å². The Bertz CT molecular complexity index is 506. The van der Waals surface area contributed by atoms with E-state index in [4.69, 9.17) is 0 Å². The van der Waals surface area contributed by atoms with Crippen molar-refractivity contribution < 1.29 is 9.59 Å². The van der Waals surface area contributed by atoms with E-state index >= 15 is 0 Å². The quantitative estimate of drug-likeness (QED) is 0.417. The fourth-order valence-electron chi connectivity index (χ4n) is 2.97. The van der Waals surface area contributed by atoms with E-state index < -0.39 is 0 Å². The lowest BCUT2D eigenvalue weighted by atomic mass is 10.1. The minimum Gasteiger partial charge on any atom is -0.349 e. The van der Waals surface area contributed by atoms with Gasteiger partial charge in [0.15, 0.2) is 0 Å². The normalized spacial score (nSPS) is 10.6. The smallest absolute Gasteiger partial charge is 0.239 e. The number of carbonyl (C=O) groups is 2. The summed E-state index contributed by atoms with van der Waals surface area (Å²) in [6.07, 6.45) is 16.1. The van der Waals surface area contributed by atoms with Gasteiger partial charge in [-0.3, -0.25) is 14.6 Å². The fourth-order valence-corrected chi connectivity index (χ4v) is 2.97. The molecule has 0 aromatic carbocycles. The van der Waals surface area contributed by atoms with Crippen LogP contribution in [0.25, 0.3) is 0 Å². The Hall–Kier alpha value is -1.91. The minimum absolute atomic E-state index is 0.0314. The van der Waals surface area contributed by atoms with Crippen LogP contribution in [0.1, 0.15) is 89.7 Å². The second-order valence-corrected chi connectivity index (χ2v) is 7.16. The molecule has 0 aliphatic rings. The van der Waals surface area contributed by atoms with Crippen molar-refractivity contribution in [2.24, 2.45) is 0 Å². The lowest BCUT2D eigenvalue weighted by Gasteiger charge is -2.07. The minimum atomic E-state index is -0.187. The maximum absolute atomic E-state index is 11.8. The summed E-state index contributed by atoms with van der Waals surface area (Å²) >= 11 is 0. The molecule has 1 aromatic heterocycles. The highest BCUT2D eigenvalue weighted by atomic mass is 16.2. The van der Waals surface area contributed by atoms with Crippen molar-refractivity contribution in [3.63, 3.8) is 0 Å². The summed E-state index contributed by atoms with van der Waals surface area (Å²) in [7, 11) is 0. The van der Waals surface area contributed by atoms with Crippen LogP contribution in [0.2, 0.25) is 0 Å². The van der Waals surface area contributed by atoms with E-state index in [0.717, 1.165) is 18.5 Å². The number of nitrogens with one attached hydrogen (secondary N) is 2. The van der Waals surface area contributed by atoms with Gasteiger partial charge in [-0.05, 0) is 18.6 Å². The maximum Gasteiger partial charge on any atom is 0.239 e. The molecule has 1 aromatic rings. The van der Waals surface area contributed by atoms with Crippen molar-refractivity contribution in [3.05, 3.63) is 30.1 Å². The molecule has 0 bridgehead atoms. The van der Waals surface area contributed by atoms with Crippen LogP contribution in [0.4, 0.5) is 0 Å².